The molecule has 3 nitrogen and oxygen atoms in total. The molecule has 2 bridgehead atoms. The lowest BCUT2D eigenvalue weighted by molar-refractivity contribution is 0.203. The normalized spacial score (nSPS) is 27.9. The van der Waals surface area contributed by atoms with Crippen LogP contribution in [0.1, 0.15) is 49.7 Å². The molecule has 2 fully saturated rings. The molecule has 3 atom stereocenters. The first-order valence-electron chi connectivity index (χ1n) is 8.63. The Bertz CT molecular complexity index is 468. The Morgan fingerprint density at radius 1 is 1.33 bits per heavy atom. The standard InChI is InChI=1S/C18H30N2O/c1-4-19-10-18-13(2)7-17(21-18)12-20(3)11-16-9-14-5-6-15(16)8-14/h7,14-16,19H,4-6,8-12H2,1-3H3. The number of furan rings is 1. The SMILES string of the molecule is CCNCc1oc(CN(C)CC2CC3CCC2C3)cc1C. The van der Waals surface area contributed by atoms with Crippen LogP contribution < -0.4 is 5.32 Å². The highest BCUT2D eigenvalue weighted by molar-refractivity contribution is 5.20. The van der Waals surface area contributed by atoms with Crippen LogP contribution >= 0.6 is 0 Å². The Morgan fingerprint density at radius 2 is 2.19 bits per heavy atom. The number of aryl methyl sites for hydroxylation is 1. The van der Waals surface area contributed by atoms with E-state index < -0.39 is 0 Å². The maximum absolute atomic E-state index is 6.01. The molecule has 0 aliphatic heterocycles. The molecule has 1 aromatic rings. The Hall–Kier alpha value is -0.800. The van der Waals surface area contributed by atoms with E-state index in [0.717, 1.165) is 48.9 Å². The third-order valence-corrected chi connectivity index (χ3v) is 5.46. The second-order valence-electron chi connectivity index (χ2n) is 7.23. The summed E-state index contributed by atoms with van der Waals surface area (Å²) in [6, 6.07) is 2.21. The van der Waals surface area contributed by atoms with Gasteiger partial charge in [-0.1, -0.05) is 13.3 Å². The molecule has 1 heterocycles. The molecule has 3 heteroatoms. The van der Waals surface area contributed by atoms with Crippen molar-refractivity contribution >= 4 is 0 Å². The van der Waals surface area contributed by atoms with Crippen LogP contribution in [-0.4, -0.2) is 25.0 Å². The summed E-state index contributed by atoms with van der Waals surface area (Å²) in [4.78, 5) is 2.46. The van der Waals surface area contributed by atoms with Crippen LogP contribution in [0.2, 0.25) is 0 Å². The number of hydrogen-bond donors (Lipinski definition) is 1. The number of hydrogen-bond acceptors (Lipinski definition) is 3. The van der Waals surface area contributed by atoms with Crippen molar-refractivity contribution in [2.75, 3.05) is 20.1 Å². The minimum absolute atomic E-state index is 0.846. The van der Waals surface area contributed by atoms with Gasteiger partial charge in [-0.25, -0.2) is 0 Å². The topological polar surface area (TPSA) is 28.4 Å². The van der Waals surface area contributed by atoms with E-state index in [1.165, 1.54) is 37.8 Å². The molecule has 3 rings (SSSR count). The highest BCUT2D eigenvalue weighted by Crippen LogP contribution is 2.48. The second kappa shape index (κ2) is 6.53. The lowest BCUT2D eigenvalue weighted by Crippen LogP contribution is -2.28. The van der Waals surface area contributed by atoms with Crippen LogP contribution in [0.5, 0.6) is 0 Å². The summed E-state index contributed by atoms with van der Waals surface area (Å²) in [5.41, 5.74) is 1.28. The molecule has 1 aromatic heterocycles. The van der Waals surface area contributed by atoms with Crippen molar-refractivity contribution < 1.29 is 4.42 Å². The molecular formula is C18H30N2O. The maximum Gasteiger partial charge on any atom is 0.120 e. The lowest BCUT2D eigenvalue weighted by atomic mass is 9.88. The van der Waals surface area contributed by atoms with Gasteiger partial charge >= 0.3 is 0 Å². The van der Waals surface area contributed by atoms with E-state index >= 15 is 0 Å². The molecular weight excluding hydrogens is 260 g/mol. The van der Waals surface area contributed by atoms with Gasteiger partial charge in [-0.3, -0.25) is 4.90 Å². The quantitative estimate of drug-likeness (QED) is 0.832. The lowest BCUT2D eigenvalue weighted by Gasteiger charge is -2.26. The largest absolute Gasteiger partial charge is 0.463 e. The highest BCUT2D eigenvalue weighted by atomic mass is 16.3. The van der Waals surface area contributed by atoms with Crippen LogP contribution in [0, 0.1) is 24.7 Å². The molecule has 0 aromatic carbocycles. The number of rotatable bonds is 7. The fourth-order valence-corrected chi connectivity index (χ4v) is 4.41. The van der Waals surface area contributed by atoms with Gasteiger partial charge in [0.25, 0.3) is 0 Å². The van der Waals surface area contributed by atoms with Gasteiger partial charge in [0.05, 0.1) is 13.1 Å². The van der Waals surface area contributed by atoms with Gasteiger partial charge in [-0.15, -0.1) is 0 Å². The molecule has 0 spiro atoms. The van der Waals surface area contributed by atoms with Crippen molar-refractivity contribution in [3.63, 3.8) is 0 Å². The molecule has 3 unspecified atom stereocenters. The Balaban J connectivity index is 1.51. The average Bonchev–Trinajstić information content (AvgIpc) is 3.12. The predicted octanol–water partition coefficient (Wildman–Crippen LogP) is 3.57. The van der Waals surface area contributed by atoms with E-state index in [1.54, 1.807) is 0 Å². The molecule has 21 heavy (non-hydrogen) atoms. The number of nitrogens with zero attached hydrogens (tertiary/aromatic N) is 1. The zero-order valence-corrected chi connectivity index (χ0v) is 13.8. The van der Waals surface area contributed by atoms with Crippen molar-refractivity contribution in [1.82, 2.24) is 10.2 Å². The first-order valence-corrected chi connectivity index (χ1v) is 8.63. The second-order valence-corrected chi connectivity index (χ2v) is 7.23. The fraction of sp³-hybridized carbons (Fsp3) is 0.778. The van der Waals surface area contributed by atoms with Crippen molar-refractivity contribution in [2.24, 2.45) is 17.8 Å². The van der Waals surface area contributed by atoms with Crippen LogP contribution in [0.15, 0.2) is 10.5 Å². The Morgan fingerprint density at radius 3 is 2.86 bits per heavy atom. The monoisotopic (exact) mass is 290 g/mol. The van der Waals surface area contributed by atoms with Gasteiger partial charge < -0.3 is 9.73 Å². The smallest absolute Gasteiger partial charge is 0.120 e. The maximum atomic E-state index is 6.01. The van der Waals surface area contributed by atoms with Crippen LogP contribution in [-0.2, 0) is 13.1 Å². The predicted molar refractivity (Wildman–Crippen MR) is 86.1 cm³/mol. The molecule has 2 saturated carbocycles. The zero-order valence-electron chi connectivity index (χ0n) is 13.8. The van der Waals surface area contributed by atoms with E-state index in [-0.39, 0.29) is 0 Å². The van der Waals surface area contributed by atoms with Crippen LogP contribution in [0.3, 0.4) is 0 Å². The molecule has 2 aliphatic rings. The van der Waals surface area contributed by atoms with Gasteiger partial charge in [0.1, 0.15) is 11.5 Å². The summed E-state index contributed by atoms with van der Waals surface area (Å²) >= 11 is 0. The average molecular weight is 290 g/mol. The summed E-state index contributed by atoms with van der Waals surface area (Å²) in [5.74, 6) is 5.21. The van der Waals surface area contributed by atoms with Crippen molar-refractivity contribution in [2.45, 2.75) is 52.6 Å². The fourth-order valence-electron chi connectivity index (χ4n) is 4.41. The summed E-state index contributed by atoms with van der Waals surface area (Å²) in [5, 5.41) is 3.34. The third-order valence-electron chi connectivity index (χ3n) is 5.46. The summed E-state index contributed by atoms with van der Waals surface area (Å²) in [6.07, 6.45) is 5.95. The first kappa shape index (κ1) is 15.1. The van der Waals surface area contributed by atoms with Crippen molar-refractivity contribution in [3.8, 4) is 0 Å². The van der Waals surface area contributed by atoms with Gasteiger partial charge in [0.2, 0.25) is 0 Å². The highest BCUT2D eigenvalue weighted by Gasteiger charge is 2.39. The van der Waals surface area contributed by atoms with E-state index in [1.807, 2.05) is 0 Å². The molecule has 0 amide bonds. The summed E-state index contributed by atoms with van der Waals surface area (Å²) < 4.78 is 6.01. The summed E-state index contributed by atoms with van der Waals surface area (Å²) in [6.45, 7) is 8.29. The van der Waals surface area contributed by atoms with Crippen molar-refractivity contribution in [3.05, 3.63) is 23.2 Å². The van der Waals surface area contributed by atoms with Gasteiger partial charge in [0, 0.05) is 6.54 Å². The first-order chi connectivity index (χ1) is 10.2. The minimum Gasteiger partial charge on any atom is -0.463 e. The Kier molecular flexibility index (Phi) is 4.70. The molecule has 2 aliphatic carbocycles. The van der Waals surface area contributed by atoms with Gasteiger partial charge in [-0.2, -0.15) is 0 Å². The number of nitrogens with one attached hydrogen (secondary N) is 1. The molecule has 0 saturated heterocycles. The van der Waals surface area contributed by atoms with Crippen LogP contribution in [0.4, 0.5) is 0 Å². The third kappa shape index (κ3) is 3.51. The molecule has 1 N–H and O–H groups in total. The Labute approximate surface area is 129 Å². The summed E-state index contributed by atoms with van der Waals surface area (Å²) in [7, 11) is 2.24. The molecule has 118 valence electrons. The van der Waals surface area contributed by atoms with Crippen LogP contribution in [0.25, 0.3) is 0 Å². The van der Waals surface area contributed by atoms with E-state index in [2.05, 4.69) is 37.2 Å². The molecule has 0 radical (unpaired) electrons. The zero-order chi connectivity index (χ0) is 14.8. The van der Waals surface area contributed by atoms with E-state index in [9.17, 15) is 0 Å². The minimum atomic E-state index is 0.846. The van der Waals surface area contributed by atoms with Gasteiger partial charge in [0.15, 0.2) is 0 Å². The van der Waals surface area contributed by atoms with E-state index in [4.69, 9.17) is 4.42 Å². The number of fused-ring (bicyclic) bond motifs is 2. The van der Waals surface area contributed by atoms with Crippen molar-refractivity contribution in [1.29, 1.82) is 0 Å². The van der Waals surface area contributed by atoms with Gasteiger partial charge in [-0.05, 0) is 69.2 Å². The van der Waals surface area contributed by atoms with E-state index in [0.29, 0.717) is 0 Å².